The van der Waals surface area contributed by atoms with E-state index in [1.807, 2.05) is 18.2 Å². The van der Waals surface area contributed by atoms with Crippen LogP contribution in [-0.2, 0) is 15.6 Å². The van der Waals surface area contributed by atoms with E-state index in [1.54, 1.807) is 25.3 Å². The number of nitrogens with one attached hydrogen (secondary N) is 2. The van der Waals surface area contributed by atoms with Gasteiger partial charge < -0.3 is 5.32 Å². The largest absolute Gasteiger partial charge is 0.352 e. The molecule has 0 spiro atoms. The van der Waals surface area contributed by atoms with Crippen LogP contribution in [0.4, 0.5) is 0 Å². The Morgan fingerprint density at radius 2 is 1.94 bits per heavy atom. The highest BCUT2D eigenvalue weighted by Crippen LogP contribution is 2.38. The number of nitrogens with zero attached hydrogens (tertiary/aromatic N) is 2. The summed E-state index contributed by atoms with van der Waals surface area (Å²) in [5.41, 5.74) is 0.954. The summed E-state index contributed by atoms with van der Waals surface area (Å²) in [5.74, 6) is -0.273. The second-order valence-electron chi connectivity index (χ2n) is 7.53. The molecule has 0 aliphatic carbocycles. The van der Waals surface area contributed by atoms with Gasteiger partial charge in [0, 0.05) is 48.5 Å². The molecule has 0 unspecified atom stereocenters. The number of halogens is 2. The highest BCUT2D eigenvalue weighted by Gasteiger charge is 2.40. The van der Waals surface area contributed by atoms with E-state index in [1.165, 1.54) is 10.4 Å². The number of rotatable bonds is 8. The molecule has 2 aromatic rings. The van der Waals surface area contributed by atoms with Crippen molar-refractivity contribution in [3.05, 3.63) is 63.9 Å². The third-order valence-electron chi connectivity index (χ3n) is 5.62. The predicted molar refractivity (Wildman–Crippen MR) is 123 cm³/mol. The van der Waals surface area contributed by atoms with Gasteiger partial charge in [0.05, 0.1) is 10.6 Å². The van der Waals surface area contributed by atoms with Crippen LogP contribution in [0, 0.1) is 0 Å². The van der Waals surface area contributed by atoms with Crippen molar-refractivity contribution >= 4 is 39.3 Å². The minimum atomic E-state index is -3.48. The molecule has 0 atom stereocenters. The molecule has 1 aromatic carbocycles. The van der Waals surface area contributed by atoms with Crippen molar-refractivity contribution < 1.29 is 13.2 Å². The maximum atomic E-state index is 12.6. The Morgan fingerprint density at radius 1 is 1.19 bits per heavy atom. The van der Waals surface area contributed by atoms with Crippen molar-refractivity contribution in [2.24, 2.45) is 0 Å². The number of hydrogen-bond donors (Lipinski definition) is 2. The lowest BCUT2D eigenvalue weighted by Crippen LogP contribution is -2.50. The predicted octanol–water partition coefficient (Wildman–Crippen LogP) is 3.40. The first-order valence-corrected chi connectivity index (χ1v) is 12.4. The molecular formula is C21H26Cl2N4O3S. The molecule has 1 aromatic heterocycles. The molecule has 3 rings (SSSR count). The number of hydrogen-bond acceptors (Lipinski definition) is 4. The van der Waals surface area contributed by atoms with Crippen LogP contribution in [0.5, 0.6) is 0 Å². The lowest BCUT2D eigenvalue weighted by molar-refractivity contribution is 0.0947. The molecule has 7 nitrogen and oxygen atoms in total. The maximum absolute atomic E-state index is 12.6. The summed E-state index contributed by atoms with van der Waals surface area (Å²) in [5, 5.41) is 3.69. The third-order valence-corrected chi connectivity index (χ3v) is 7.87. The summed E-state index contributed by atoms with van der Waals surface area (Å²) in [7, 11) is -3.48. The quantitative estimate of drug-likeness (QED) is 0.600. The van der Waals surface area contributed by atoms with Gasteiger partial charge in [0.15, 0.2) is 0 Å². The molecule has 1 aliphatic heterocycles. The van der Waals surface area contributed by atoms with E-state index in [0.29, 0.717) is 61.1 Å². The van der Waals surface area contributed by atoms with Crippen molar-refractivity contribution in [2.45, 2.75) is 31.6 Å². The standard InChI is InChI=1S/C21H26Cl2N4O3S/c1-2-26-31(29,30)27-13-9-21(10-14-27,19-5-3-4-11-24-19)8-12-25-20(28)17-7-6-16(22)15-18(17)23/h3-7,11,15,26H,2,8-10,12-14H2,1H3,(H,25,28). The fourth-order valence-electron chi connectivity index (χ4n) is 3.92. The molecule has 1 fully saturated rings. The summed E-state index contributed by atoms with van der Waals surface area (Å²) in [6.45, 7) is 3.30. The zero-order valence-electron chi connectivity index (χ0n) is 17.3. The van der Waals surface area contributed by atoms with Crippen molar-refractivity contribution in [2.75, 3.05) is 26.2 Å². The van der Waals surface area contributed by atoms with E-state index in [2.05, 4.69) is 15.0 Å². The van der Waals surface area contributed by atoms with Gasteiger partial charge in [-0.05, 0) is 49.6 Å². The van der Waals surface area contributed by atoms with Gasteiger partial charge in [-0.25, -0.2) is 4.72 Å². The van der Waals surface area contributed by atoms with Gasteiger partial charge in [-0.15, -0.1) is 0 Å². The molecule has 1 aliphatic rings. The van der Waals surface area contributed by atoms with E-state index in [4.69, 9.17) is 23.2 Å². The van der Waals surface area contributed by atoms with Gasteiger partial charge in [0.1, 0.15) is 0 Å². The SMILES string of the molecule is CCNS(=O)(=O)N1CCC(CCNC(=O)c2ccc(Cl)cc2Cl)(c2ccccn2)CC1. The van der Waals surface area contributed by atoms with E-state index < -0.39 is 10.2 Å². The summed E-state index contributed by atoms with van der Waals surface area (Å²) >= 11 is 12.0. The number of carbonyl (C=O) groups is 1. The van der Waals surface area contributed by atoms with Crippen LogP contribution in [0.15, 0.2) is 42.6 Å². The Labute approximate surface area is 193 Å². The van der Waals surface area contributed by atoms with Crippen molar-refractivity contribution in [3.63, 3.8) is 0 Å². The number of benzene rings is 1. The van der Waals surface area contributed by atoms with E-state index in [9.17, 15) is 13.2 Å². The summed E-state index contributed by atoms with van der Waals surface area (Å²) in [6, 6.07) is 10.5. The number of aromatic nitrogens is 1. The average molecular weight is 485 g/mol. The summed E-state index contributed by atoms with van der Waals surface area (Å²) in [6.07, 6.45) is 3.61. The molecule has 0 radical (unpaired) electrons. The molecule has 1 saturated heterocycles. The lowest BCUT2D eigenvalue weighted by Gasteiger charge is -2.41. The van der Waals surface area contributed by atoms with E-state index in [-0.39, 0.29) is 11.3 Å². The molecule has 168 valence electrons. The second-order valence-corrected chi connectivity index (χ2v) is 10.1. The lowest BCUT2D eigenvalue weighted by atomic mass is 9.73. The molecule has 10 heteroatoms. The molecule has 0 saturated carbocycles. The first kappa shape index (κ1) is 23.9. The Hall–Kier alpha value is -1.71. The van der Waals surface area contributed by atoms with Crippen molar-refractivity contribution in [1.29, 1.82) is 0 Å². The molecule has 0 bridgehead atoms. The van der Waals surface area contributed by atoms with Crippen molar-refractivity contribution in [1.82, 2.24) is 19.3 Å². The number of piperidine rings is 1. The molecule has 31 heavy (non-hydrogen) atoms. The van der Waals surface area contributed by atoms with Gasteiger partial charge in [-0.3, -0.25) is 9.78 Å². The normalized spacial score (nSPS) is 16.7. The summed E-state index contributed by atoms with van der Waals surface area (Å²) < 4.78 is 28.8. The molecule has 2 N–H and O–H groups in total. The summed E-state index contributed by atoms with van der Waals surface area (Å²) in [4.78, 5) is 17.1. The van der Waals surface area contributed by atoms with E-state index >= 15 is 0 Å². The smallest absolute Gasteiger partial charge is 0.279 e. The fourth-order valence-corrected chi connectivity index (χ4v) is 5.63. The Balaban J connectivity index is 1.70. The molecule has 1 amide bonds. The maximum Gasteiger partial charge on any atom is 0.279 e. The van der Waals surface area contributed by atoms with Crippen LogP contribution in [0.1, 0.15) is 42.2 Å². The van der Waals surface area contributed by atoms with Crippen LogP contribution in [0.3, 0.4) is 0 Å². The Bertz CT molecular complexity index is 1010. The fraction of sp³-hybridized carbons (Fsp3) is 0.429. The number of pyridine rings is 1. The highest BCUT2D eigenvalue weighted by atomic mass is 35.5. The topological polar surface area (TPSA) is 91.4 Å². The zero-order chi connectivity index (χ0) is 22.5. The van der Waals surface area contributed by atoms with E-state index in [0.717, 1.165) is 5.69 Å². The van der Waals surface area contributed by atoms with Crippen LogP contribution >= 0.6 is 23.2 Å². The first-order chi connectivity index (χ1) is 14.8. The zero-order valence-corrected chi connectivity index (χ0v) is 19.6. The second kappa shape index (κ2) is 10.3. The molecular weight excluding hydrogens is 459 g/mol. The molecule has 2 heterocycles. The average Bonchev–Trinajstić information content (AvgIpc) is 2.74. The van der Waals surface area contributed by atoms with Gasteiger partial charge in [0.2, 0.25) is 0 Å². The van der Waals surface area contributed by atoms with Crippen LogP contribution in [0.25, 0.3) is 0 Å². The van der Waals surface area contributed by atoms with Crippen LogP contribution in [-0.4, -0.2) is 49.8 Å². The van der Waals surface area contributed by atoms with Crippen LogP contribution < -0.4 is 10.0 Å². The number of amides is 1. The monoisotopic (exact) mass is 484 g/mol. The van der Waals surface area contributed by atoms with Crippen molar-refractivity contribution in [3.8, 4) is 0 Å². The Kier molecular flexibility index (Phi) is 7.93. The van der Waals surface area contributed by atoms with Crippen LogP contribution in [0.2, 0.25) is 10.0 Å². The van der Waals surface area contributed by atoms with Gasteiger partial charge in [0.25, 0.3) is 16.1 Å². The highest BCUT2D eigenvalue weighted by molar-refractivity contribution is 7.87. The first-order valence-electron chi connectivity index (χ1n) is 10.2. The minimum absolute atomic E-state index is 0.273. The third kappa shape index (κ3) is 5.75. The Morgan fingerprint density at radius 3 is 2.55 bits per heavy atom. The van der Waals surface area contributed by atoms with Gasteiger partial charge in [-0.1, -0.05) is 36.2 Å². The van der Waals surface area contributed by atoms with Gasteiger partial charge in [-0.2, -0.15) is 12.7 Å². The minimum Gasteiger partial charge on any atom is -0.352 e. The number of carbonyl (C=O) groups excluding carboxylic acids is 1. The van der Waals surface area contributed by atoms with Gasteiger partial charge >= 0.3 is 0 Å².